The first-order valence-corrected chi connectivity index (χ1v) is 7.82. The van der Waals surface area contributed by atoms with Crippen LogP contribution in [0.3, 0.4) is 0 Å². The molecule has 110 valence electrons. The fourth-order valence-corrected chi connectivity index (χ4v) is 3.63. The van der Waals surface area contributed by atoms with Gasteiger partial charge in [-0.05, 0) is 38.0 Å². The van der Waals surface area contributed by atoms with E-state index < -0.39 is 0 Å². The third-order valence-electron chi connectivity index (χ3n) is 3.69. The number of hydrogen-bond acceptors (Lipinski definition) is 4. The topological polar surface area (TPSA) is 24.5 Å². The van der Waals surface area contributed by atoms with E-state index in [1.54, 1.807) is 7.11 Å². The van der Waals surface area contributed by atoms with Crippen LogP contribution in [0.1, 0.15) is 17.4 Å². The Bertz CT molecular complexity index is 552. The number of ether oxygens (including phenoxy) is 1. The van der Waals surface area contributed by atoms with Gasteiger partial charge in [-0.3, -0.25) is 4.90 Å². The molecule has 0 aliphatic rings. The van der Waals surface area contributed by atoms with Gasteiger partial charge in [0.25, 0.3) is 0 Å². The van der Waals surface area contributed by atoms with Crippen LogP contribution in [0.25, 0.3) is 10.1 Å². The molecule has 1 aromatic heterocycles. The minimum Gasteiger partial charge on any atom is -0.383 e. The summed E-state index contributed by atoms with van der Waals surface area (Å²) in [6.07, 6.45) is 0. The lowest BCUT2D eigenvalue weighted by molar-refractivity contribution is 0.112. The van der Waals surface area contributed by atoms with Crippen LogP contribution in [0.15, 0.2) is 24.3 Å². The number of benzene rings is 1. The van der Waals surface area contributed by atoms with Crippen LogP contribution in [-0.4, -0.2) is 38.8 Å². The number of nitrogens with one attached hydrogen (secondary N) is 1. The first-order valence-electron chi connectivity index (χ1n) is 7.00. The third kappa shape index (κ3) is 3.38. The number of hydrogen-bond donors (Lipinski definition) is 1. The van der Waals surface area contributed by atoms with Crippen molar-refractivity contribution in [2.45, 2.75) is 26.1 Å². The number of nitrogens with zero attached hydrogens (tertiary/aromatic N) is 1. The molecule has 0 fully saturated rings. The fourth-order valence-electron chi connectivity index (χ4n) is 2.40. The van der Waals surface area contributed by atoms with Crippen LogP contribution in [-0.2, 0) is 17.8 Å². The van der Waals surface area contributed by atoms with Gasteiger partial charge in [0, 0.05) is 35.8 Å². The molecule has 0 saturated heterocycles. The number of rotatable bonds is 7. The molecule has 3 nitrogen and oxygen atoms in total. The zero-order chi connectivity index (χ0) is 14.5. The summed E-state index contributed by atoms with van der Waals surface area (Å²) in [7, 11) is 5.93. The van der Waals surface area contributed by atoms with Crippen molar-refractivity contribution in [1.29, 1.82) is 0 Å². The molecule has 1 N–H and O–H groups in total. The summed E-state index contributed by atoms with van der Waals surface area (Å²) in [6, 6.07) is 9.10. The summed E-state index contributed by atoms with van der Waals surface area (Å²) in [6.45, 7) is 4.86. The van der Waals surface area contributed by atoms with Gasteiger partial charge in [-0.15, -0.1) is 11.3 Å². The fraction of sp³-hybridized carbons (Fsp3) is 0.500. The van der Waals surface area contributed by atoms with Crippen LogP contribution in [0, 0.1) is 0 Å². The molecule has 0 aliphatic carbocycles. The van der Waals surface area contributed by atoms with Crippen LogP contribution < -0.4 is 5.32 Å². The van der Waals surface area contributed by atoms with Crippen LogP contribution in [0.5, 0.6) is 0 Å². The Morgan fingerprint density at radius 1 is 1.35 bits per heavy atom. The largest absolute Gasteiger partial charge is 0.383 e. The van der Waals surface area contributed by atoms with Crippen molar-refractivity contribution in [1.82, 2.24) is 10.2 Å². The number of likely N-dealkylation sites (N-methyl/N-ethyl adjacent to an activating group) is 1. The Hall–Kier alpha value is -0.940. The molecule has 0 radical (unpaired) electrons. The second-order valence-corrected chi connectivity index (χ2v) is 6.39. The average Bonchev–Trinajstić information content (AvgIpc) is 2.78. The minimum absolute atomic E-state index is 0.418. The molecule has 1 unspecified atom stereocenters. The standard InChI is InChI=1S/C16H24N2OS/c1-12(11-19-4)18(3)10-14-13-7-5-6-8-15(13)20-16(14)9-17-2/h5-8,12,17H,9-11H2,1-4H3. The molecule has 1 heterocycles. The summed E-state index contributed by atoms with van der Waals surface area (Å²) in [4.78, 5) is 3.79. The van der Waals surface area contributed by atoms with Gasteiger partial charge in [-0.1, -0.05) is 18.2 Å². The monoisotopic (exact) mass is 292 g/mol. The molecule has 4 heteroatoms. The zero-order valence-electron chi connectivity index (χ0n) is 12.8. The Morgan fingerprint density at radius 2 is 2.10 bits per heavy atom. The molecule has 2 rings (SSSR count). The SMILES string of the molecule is CNCc1sc2ccccc2c1CN(C)C(C)COC. The minimum atomic E-state index is 0.418. The van der Waals surface area contributed by atoms with E-state index in [9.17, 15) is 0 Å². The van der Waals surface area contributed by atoms with E-state index in [0.717, 1.165) is 19.7 Å². The highest BCUT2D eigenvalue weighted by Gasteiger charge is 2.16. The van der Waals surface area contributed by atoms with Gasteiger partial charge < -0.3 is 10.1 Å². The molecule has 0 spiro atoms. The average molecular weight is 292 g/mol. The predicted molar refractivity (Wildman–Crippen MR) is 87.4 cm³/mol. The Labute approximate surface area is 125 Å². The smallest absolute Gasteiger partial charge is 0.0615 e. The molecule has 0 aliphatic heterocycles. The summed E-state index contributed by atoms with van der Waals surface area (Å²) in [5, 5.41) is 4.67. The highest BCUT2D eigenvalue weighted by Crippen LogP contribution is 2.32. The maximum Gasteiger partial charge on any atom is 0.0615 e. The lowest BCUT2D eigenvalue weighted by Gasteiger charge is -2.24. The molecule has 0 bridgehead atoms. The van der Waals surface area contributed by atoms with Crippen molar-refractivity contribution >= 4 is 21.4 Å². The van der Waals surface area contributed by atoms with Gasteiger partial charge in [0.1, 0.15) is 0 Å². The molecule has 0 saturated carbocycles. The number of fused-ring (bicyclic) bond motifs is 1. The van der Waals surface area contributed by atoms with Crippen molar-refractivity contribution < 1.29 is 4.74 Å². The van der Waals surface area contributed by atoms with Gasteiger partial charge in [-0.25, -0.2) is 0 Å². The summed E-state index contributed by atoms with van der Waals surface area (Å²) in [5.41, 5.74) is 1.45. The number of methoxy groups -OCH3 is 1. The van der Waals surface area contributed by atoms with Gasteiger partial charge >= 0.3 is 0 Å². The number of thiophene rings is 1. The molecule has 1 atom stereocenters. The van der Waals surface area contributed by atoms with Crippen molar-refractivity contribution in [2.75, 3.05) is 27.8 Å². The van der Waals surface area contributed by atoms with Crippen LogP contribution in [0.4, 0.5) is 0 Å². The maximum absolute atomic E-state index is 5.26. The van der Waals surface area contributed by atoms with E-state index >= 15 is 0 Å². The Balaban J connectivity index is 2.29. The van der Waals surface area contributed by atoms with Gasteiger partial charge in [0.2, 0.25) is 0 Å². The normalized spacial score (nSPS) is 13.2. The highest BCUT2D eigenvalue weighted by molar-refractivity contribution is 7.19. The van der Waals surface area contributed by atoms with Crippen molar-refractivity contribution in [3.05, 3.63) is 34.7 Å². The quantitative estimate of drug-likeness (QED) is 0.849. The molecule has 0 amide bonds. The van der Waals surface area contributed by atoms with Gasteiger partial charge in [0.15, 0.2) is 0 Å². The second kappa shape index (κ2) is 7.18. The molecular formula is C16H24N2OS. The highest BCUT2D eigenvalue weighted by atomic mass is 32.1. The van der Waals surface area contributed by atoms with E-state index in [4.69, 9.17) is 4.74 Å². The van der Waals surface area contributed by atoms with Gasteiger partial charge in [0.05, 0.1) is 6.61 Å². The summed E-state index contributed by atoms with van der Waals surface area (Å²) >= 11 is 1.90. The van der Waals surface area contributed by atoms with E-state index in [2.05, 4.69) is 48.5 Å². The zero-order valence-corrected chi connectivity index (χ0v) is 13.6. The first kappa shape index (κ1) is 15.4. The molecular weight excluding hydrogens is 268 g/mol. The van der Waals surface area contributed by atoms with E-state index in [1.165, 1.54) is 20.5 Å². The molecule has 2 aromatic rings. The summed E-state index contributed by atoms with van der Waals surface area (Å²) in [5.74, 6) is 0. The predicted octanol–water partition coefficient (Wildman–Crippen LogP) is 3.09. The van der Waals surface area contributed by atoms with E-state index in [-0.39, 0.29) is 0 Å². The van der Waals surface area contributed by atoms with Crippen molar-refractivity contribution in [3.63, 3.8) is 0 Å². The van der Waals surface area contributed by atoms with Crippen molar-refractivity contribution in [3.8, 4) is 0 Å². The third-order valence-corrected chi connectivity index (χ3v) is 4.90. The molecule has 20 heavy (non-hydrogen) atoms. The van der Waals surface area contributed by atoms with Crippen LogP contribution in [0.2, 0.25) is 0 Å². The van der Waals surface area contributed by atoms with E-state index in [0.29, 0.717) is 6.04 Å². The van der Waals surface area contributed by atoms with Gasteiger partial charge in [-0.2, -0.15) is 0 Å². The lowest BCUT2D eigenvalue weighted by atomic mass is 10.1. The van der Waals surface area contributed by atoms with E-state index in [1.807, 2.05) is 18.4 Å². The maximum atomic E-state index is 5.26. The Kier molecular flexibility index (Phi) is 5.54. The summed E-state index contributed by atoms with van der Waals surface area (Å²) < 4.78 is 6.63. The molecule has 1 aromatic carbocycles. The lowest BCUT2D eigenvalue weighted by Crippen LogP contribution is -2.32. The van der Waals surface area contributed by atoms with Crippen molar-refractivity contribution in [2.24, 2.45) is 0 Å². The first-order chi connectivity index (χ1) is 9.67. The Morgan fingerprint density at radius 3 is 2.80 bits per heavy atom. The second-order valence-electron chi connectivity index (χ2n) is 5.25. The van der Waals surface area contributed by atoms with Crippen LogP contribution >= 0.6 is 11.3 Å².